The standard InChI is InChI=1S/C22H26FN3O.ClH/c1-16-2-4-17(5-3-16)18-6-7-20(21(23)14-18)22(27)26-11-8-19(15-26)25-12-9-24-10-13-25;/h2-7,14,19,24H,8-13,15H2,1H3;1H. The predicted octanol–water partition coefficient (Wildman–Crippen LogP) is 3.34. The van der Waals surface area contributed by atoms with Gasteiger partial charge in [0, 0.05) is 45.3 Å². The number of nitrogens with zero attached hydrogens (tertiary/aromatic N) is 2. The van der Waals surface area contributed by atoms with Gasteiger partial charge in [0.25, 0.3) is 5.91 Å². The van der Waals surface area contributed by atoms with Gasteiger partial charge < -0.3 is 10.2 Å². The zero-order chi connectivity index (χ0) is 18.8. The van der Waals surface area contributed by atoms with Gasteiger partial charge in [-0.15, -0.1) is 12.4 Å². The summed E-state index contributed by atoms with van der Waals surface area (Å²) >= 11 is 0. The summed E-state index contributed by atoms with van der Waals surface area (Å²) in [4.78, 5) is 17.1. The van der Waals surface area contributed by atoms with Gasteiger partial charge in [-0.05, 0) is 36.6 Å². The summed E-state index contributed by atoms with van der Waals surface area (Å²) in [5, 5.41) is 3.36. The van der Waals surface area contributed by atoms with E-state index in [1.54, 1.807) is 11.0 Å². The minimum Gasteiger partial charge on any atom is -0.337 e. The lowest BCUT2D eigenvalue weighted by molar-refractivity contribution is 0.0769. The molecule has 2 aliphatic heterocycles. The van der Waals surface area contributed by atoms with E-state index in [1.165, 1.54) is 11.6 Å². The third-order valence-corrected chi connectivity index (χ3v) is 5.70. The van der Waals surface area contributed by atoms with Gasteiger partial charge in [0.1, 0.15) is 5.82 Å². The predicted molar refractivity (Wildman–Crippen MR) is 113 cm³/mol. The summed E-state index contributed by atoms with van der Waals surface area (Å²) in [6.45, 7) is 7.46. The Labute approximate surface area is 172 Å². The van der Waals surface area contributed by atoms with Crippen LogP contribution in [0.25, 0.3) is 11.1 Å². The normalized spacial score (nSPS) is 20.1. The molecule has 2 saturated heterocycles. The number of benzene rings is 2. The first-order valence-electron chi connectivity index (χ1n) is 9.72. The monoisotopic (exact) mass is 403 g/mol. The number of hydrogen-bond acceptors (Lipinski definition) is 3. The van der Waals surface area contributed by atoms with Crippen LogP contribution in [0.3, 0.4) is 0 Å². The summed E-state index contributed by atoms with van der Waals surface area (Å²) < 4.78 is 14.7. The van der Waals surface area contributed by atoms with Crippen LogP contribution in [0.2, 0.25) is 0 Å². The molecule has 2 fully saturated rings. The van der Waals surface area contributed by atoms with Crippen molar-refractivity contribution in [1.29, 1.82) is 0 Å². The SMILES string of the molecule is Cc1ccc(-c2ccc(C(=O)N3CCC(N4CCNCC4)C3)c(F)c2)cc1.Cl. The Balaban J connectivity index is 0.00000225. The molecular weight excluding hydrogens is 377 g/mol. The van der Waals surface area contributed by atoms with Gasteiger partial charge in [-0.25, -0.2) is 4.39 Å². The highest BCUT2D eigenvalue weighted by Gasteiger charge is 2.32. The highest BCUT2D eigenvalue weighted by Crippen LogP contribution is 2.25. The van der Waals surface area contributed by atoms with E-state index in [1.807, 2.05) is 37.3 Å². The number of piperazine rings is 1. The van der Waals surface area contributed by atoms with Crippen molar-refractivity contribution in [3.63, 3.8) is 0 Å². The third kappa shape index (κ3) is 4.37. The summed E-state index contributed by atoms with van der Waals surface area (Å²) in [6.07, 6.45) is 0.967. The Morgan fingerprint density at radius 3 is 2.39 bits per heavy atom. The minimum absolute atomic E-state index is 0. The van der Waals surface area contributed by atoms with Crippen LogP contribution in [0, 0.1) is 12.7 Å². The molecule has 2 aromatic rings. The molecule has 0 saturated carbocycles. The van der Waals surface area contributed by atoms with E-state index >= 15 is 0 Å². The van der Waals surface area contributed by atoms with Crippen LogP contribution in [0.4, 0.5) is 4.39 Å². The Kier molecular flexibility index (Phi) is 6.70. The van der Waals surface area contributed by atoms with Gasteiger partial charge in [0.05, 0.1) is 5.56 Å². The number of nitrogens with one attached hydrogen (secondary N) is 1. The molecule has 1 N–H and O–H groups in total. The molecule has 1 amide bonds. The Bertz CT molecular complexity index is 821. The largest absolute Gasteiger partial charge is 0.337 e. The van der Waals surface area contributed by atoms with Crippen LogP contribution >= 0.6 is 12.4 Å². The van der Waals surface area contributed by atoms with E-state index < -0.39 is 5.82 Å². The molecule has 4 rings (SSSR count). The molecule has 0 aliphatic carbocycles. The number of likely N-dealkylation sites (tertiary alicyclic amines) is 1. The van der Waals surface area contributed by atoms with Gasteiger partial charge in [-0.1, -0.05) is 35.9 Å². The first kappa shape index (κ1) is 20.8. The number of carbonyl (C=O) groups excluding carboxylic acids is 1. The first-order valence-corrected chi connectivity index (χ1v) is 9.72. The second-order valence-corrected chi connectivity index (χ2v) is 7.54. The Morgan fingerprint density at radius 2 is 1.71 bits per heavy atom. The average molecular weight is 404 g/mol. The van der Waals surface area contributed by atoms with Gasteiger partial charge >= 0.3 is 0 Å². The van der Waals surface area contributed by atoms with Crippen molar-refractivity contribution in [3.05, 3.63) is 59.4 Å². The lowest BCUT2D eigenvalue weighted by Crippen LogP contribution is -2.49. The van der Waals surface area contributed by atoms with E-state index in [-0.39, 0.29) is 23.9 Å². The number of carbonyl (C=O) groups is 1. The quantitative estimate of drug-likeness (QED) is 0.853. The molecule has 0 bridgehead atoms. The van der Waals surface area contributed by atoms with Crippen molar-refractivity contribution in [2.24, 2.45) is 0 Å². The van der Waals surface area contributed by atoms with Crippen molar-refractivity contribution in [2.45, 2.75) is 19.4 Å². The highest BCUT2D eigenvalue weighted by atomic mass is 35.5. The van der Waals surface area contributed by atoms with E-state index in [0.717, 1.165) is 43.7 Å². The number of hydrogen-bond donors (Lipinski definition) is 1. The molecule has 2 aliphatic rings. The molecule has 0 aromatic heterocycles. The van der Waals surface area contributed by atoms with Crippen molar-refractivity contribution in [1.82, 2.24) is 15.1 Å². The molecule has 28 heavy (non-hydrogen) atoms. The second kappa shape index (κ2) is 9.03. The van der Waals surface area contributed by atoms with Crippen molar-refractivity contribution in [2.75, 3.05) is 39.3 Å². The first-order chi connectivity index (χ1) is 13.1. The van der Waals surface area contributed by atoms with E-state index in [9.17, 15) is 9.18 Å². The number of aryl methyl sites for hydroxylation is 1. The third-order valence-electron chi connectivity index (χ3n) is 5.70. The number of halogens is 2. The van der Waals surface area contributed by atoms with E-state index in [4.69, 9.17) is 0 Å². The van der Waals surface area contributed by atoms with Gasteiger partial charge in [-0.3, -0.25) is 9.69 Å². The fraction of sp³-hybridized carbons (Fsp3) is 0.409. The summed E-state index contributed by atoms with van der Waals surface area (Å²) in [6, 6.07) is 13.3. The van der Waals surface area contributed by atoms with Crippen LogP contribution in [-0.2, 0) is 0 Å². The lowest BCUT2D eigenvalue weighted by Gasteiger charge is -2.32. The molecule has 2 aromatic carbocycles. The zero-order valence-corrected chi connectivity index (χ0v) is 17.0. The van der Waals surface area contributed by atoms with Crippen molar-refractivity contribution in [3.8, 4) is 11.1 Å². The van der Waals surface area contributed by atoms with Crippen LogP contribution in [0.15, 0.2) is 42.5 Å². The summed E-state index contributed by atoms with van der Waals surface area (Å²) in [5.74, 6) is -0.635. The summed E-state index contributed by atoms with van der Waals surface area (Å²) in [5.41, 5.74) is 3.09. The fourth-order valence-electron chi connectivity index (χ4n) is 4.06. The molecule has 0 radical (unpaired) electrons. The van der Waals surface area contributed by atoms with Crippen LogP contribution < -0.4 is 5.32 Å². The minimum atomic E-state index is -0.441. The maximum Gasteiger partial charge on any atom is 0.256 e. The molecule has 0 spiro atoms. The highest BCUT2D eigenvalue weighted by molar-refractivity contribution is 5.95. The van der Waals surface area contributed by atoms with Crippen molar-refractivity contribution >= 4 is 18.3 Å². The van der Waals surface area contributed by atoms with Crippen molar-refractivity contribution < 1.29 is 9.18 Å². The van der Waals surface area contributed by atoms with Crippen LogP contribution in [0.5, 0.6) is 0 Å². The van der Waals surface area contributed by atoms with Crippen LogP contribution in [-0.4, -0.2) is 61.0 Å². The second-order valence-electron chi connectivity index (χ2n) is 7.54. The number of amides is 1. The Hall–Kier alpha value is -1.95. The van der Waals surface area contributed by atoms with Crippen LogP contribution in [0.1, 0.15) is 22.3 Å². The molecule has 2 heterocycles. The van der Waals surface area contributed by atoms with Gasteiger partial charge in [-0.2, -0.15) is 0 Å². The fourth-order valence-corrected chi connectivity index (χ4v) is 4.06. The maximum absolute atomic E-state index is 14.7. The maximum atomic E-state index is 14.7. The molecular formula is C22H27ClFN3O. The topological polar surface area (TPSA) is 35.6 Å². The molecule has 4 nitrogen and oxygen atoms in total. The van der Waals surface area contributed by atoms with E-state index in [0.29, 0.717) is 19.1 Å². The van der Waals surface area contributed by atoms with Gasteiger partial charge in [0.15, 0.2) is 0 Å². The summed E-state index contributed by atoms with van der Waals surface area (Å²) in [7, 11) is 0. The molecule has 6 heteroatoms. The number of rotatable bonds is 3. The average Bonchev–Trinajstić information content (AvgIpc) is 3.19. The van der Waals surface area contributed by atoms with Gasteiger partial charge in [0.2, 0.25) is 0 Å². The molecule has 150 valence electrons. The zero-order valence-electron chi connectivity index (χ0n) is 16.2. The molecule has 1 atom stereocenters. The lowest BCUT2D eigenvalue weighted by atomic mass is 10.0. The Morgan fingerprint density at radius 1 is 1.04 bits per heavy atom. The molecule has 1 unspecified atom stereocenters. The smallest absolute Gasteiger partial charge is 0.256 e. The van der Waals surface area contributed by atoms with E-state index in [2.05, 4.69) is 10.2 Å².